The second-order valence-electron chi connectivity index (χ2n) is 6.28. The van der Waals surface area contributed by atoms with Crippen molar-refractivity contribution in [2.45, 2.75) is 39.0 Å². The van der Waals surface area contributed by atoms with Gasteiger partial charge in [0.2, 0.25) is 17.7 Å². The molecule has 0 aliphatic carbocycles. The van der Waals surface area contributed by atoms with E-state index in [-0.39, 0.29) is 30.2 Å². The van der Waals surface area contributed by atoms with Crippen LogP contribution in [0.15, 0.2) is 4.52 Å². The maximum Gasteiger partial charge on any atom is 0.231 e. The van der Waals surface area contributed by atoms with E-state index in [4.69, 9.17) is 10.3 Å². The van der Waals surface area contributed by atoms with Gasteiger partial charge in [0, 0.05) is 25.4 Å². The van der Waals surface area contributed by atoms with Crippen LogP contribution >= 0.6 is 0 Å². The molecule has 2 rings (SSSR count). The number of nitrogens with zero attached hydrogens (tertiary/aromatic N) is 3. The lowest BCUT2D eigenvalue weighted by atomic mass is 9.97. The number of piperidine rings is 1. The first-order chi connectivity index (χ1) is 11.0. The molecule has 1 fully saturated rings. The molecule has 0 saturated carbocycles. The zero-order valence-corrected chi connectivity index (χ0v) is 13.7. The summed E-state index contributed by atoms with van der Waals surface area (Å²) in [6.45, 7) is 6.06. The minimum absolute atomic E-state index is 0.00256. The average molecular weight is 323 g/mol. The number of hydrogen-bond donors (Lipinski definition) is 2. The Morgan fingerprint density at radius 2 is 2.26 bits per heavy atom. The van der Waals surface area contributed by atoms with Crippen molar-refractivity contribution in [1.82, 2.24) is 20.4 Å². The van der Waals surface area contributed by atoms with Crippen molar-refractivity contribution in [3.8, 4) is 0 Å². The van der Waals surface area contributed by atoms with Gasteiger partial charge in [0.1, 0.15) is 0 Å². The minimum atomic E-state index is -0.358. The lowest BCUT2D eigenvalue weighted by molar-refractivity contribution is -0.128. The first-order valence-electron chi connectivity index (χ1n) is 8.06. The smallest absolute Gasteiger partial charge is 0.231 e. The van der Waals surface area contributed by atoms with Gasteiger partial charge in [0.05, 0.1) is 12.5 Å². The highest BCUT2D eigenvalue weighted by Gasteiger charge is 2.26. The molecule has 2 heterocycles. The Balaban J connectivity index is 1.74. The van der Waals surface area contributed by atoms with E-state index >= 15 is 0 Å². The third kappa shape index (κ3) is 5.31. The summed E-state index contributed by atoms with van der Waals surface area (Å²) in [6, 6.07) is 0. The molecule has 0 radical (unpaired) electrons. The van der Waals surface area contributed by atoms with E-state index in [0.29, 0.717) is 31.2 Å². The molecule has 1 atom stereocenters. The number of likely N-dealkylation sites (tertiary alicyclic amines) is 1. The molecule has 1 unspecified atom stereocenters. The number of amides is 2. The molecule has 0 aromatic carbocycles. The van der Waals surface area contributed by atoms with Gasteiger partial charge in [-0.1, -0.05) is 19.0 Å². The topological polar surface area (TPSA) is 114 Å². The first-order valence-corrected chi connectivity index (χ1v) is 8.06. The fourth-order valence-electron chi connectivity index (χ4n) is 2.67. The van der Waals surface area contributed by atoms with E-state index in [1.807, 2.05) is 18.7 Å². The van der Waals surface area contributed by atoms with Crippen LogP contribution in [0.1, 0.15) is 44.3 Å². The van der Waals surface area contributed by atoms with Crippen LogP contribution in [-0.2, 0) is 16.0 Å². The molecular weight excluding hydrogens is 298 g/mol. The van der Waals surface area contributed by atoms with Gasteiger partial charge in [-0.3, -0.25) is 14.5 Å². The minimum Gasteiger partial charge on any atom is -0.369 e. The molecule has 1 saturated heterocycles. The summed E-state index contributed by atoms with van der Waals surface area (Å²) < 4.78 is 5.14. The Morgan fingerprint density at radius 3 is 2.91 bits per heavy atom. The fraction of sp³-hybridized carbons (Fsp3) is 0.733. The molecule has 0 spiro atoms. The highest BCUT2D eigenvalue weighted by Crippen LogP contribution is 2.16. The summed E-state index contributed by atoms with van der Waals surface area (Å²) in [7, 11) is 0. The Kier molecular flexibility index (Phi) is 6.09. The monoisotopic (exact) mass is 323 g/mol. The van der Waals surface area contributed by atoms with Crippen LogP contribution in [0.3, 0.4) is 0 Å². The van der Waals surface area contributed by atoms with E-state index in [1.165, 1.54) is 0 Å². The van der Waals surface area contributed by atoms with Crippen molar-refractivity contribution in [3.63, 3.8) is 0 Å². The molecule has 2 amide bonds. The van der Waals surface area contributed by atoms with E-state index in [2.05, 4.69) is 15.5 Å². The Morgan fingerprint density at radius 1 is 1.48 bits per heavy atom. The van der Waals surface area contributed by atoms with Gasteiger partial charge in [-0.2, -0.15) is 4.98 Å². The maximum absolute atomic E-state index is 12.2. The number of primary amides is 1. The summed E-state index contributed by atoms with van der Waals surface area (Å²) in [5.41, 5.74) is 5.21. The van der Waals surface area contributed by atoms with Crippen molar-refractivity contribution in [3.05, 3.63) is 11.7 Å². The van der Waals surface area contributed by atoms with Gasteiger partial charge in [0.25, 0.3) is 0 Å². The zero-order chi connectivity index (χ0) is 16.8. The van der Waals surface area contributed by atoms with E-state index in [1.54, 1.807) is 0 Å². The number of carbonyl (C=O) groups excluding carboxylic acids is 2. The van der Waals surface area contributed by atoms with Gasteiger partial charge >= 0.3 is 0 Å². The van der Waals surface area contributed by atoms with Crippen LogP contribution in [0.4, 0.5) is 0 Å². The van der Waals surface area contributed by atoms with Crippen molar-refractivity contribution < 1.29 is 14.1 Å². The number of nitrogens with two attached hydrogens (primary N) is 1. The number of rotatable bonds is 7. The quantitative estimate of drug-likeness (QED) is 0.733. The molecule has 8 heteroatoms. The molecule has 3 N–H and O–H groups in total. The third-order valence-corrected chi connectivity index (χ3v) is 3.89. The number of carbonyl (C=O) groups is 2. The molecule has 23 heavy (non-hydrogen) atoms. The molecule has 1 aromatic rings. The van der Waals surface area contributed by atoms with E-state index < -0.39 is 0 Å². The SMILES string of the molecule is CC(C)c1noc(CCNC(=O)C2CCCN(CC(N)=O)C2)n1. The number of nitrogens with one attached hydrogen (secondary N) is 1. The van der Waals surface area contributed by atoms with Crippen LogP contribution in [0.5, 0.6) is 0 Å². The fourth-order valence-corrected chi connectivity index (χ4v) is 2.67. The third-order valence-electron chi connectivity index (χ3n) is 3.89. The molecular formula is C15H25N5O3. The molecule has 1 aliphatic heterocycles. The zero-order valence-electron chi connectivity index (χ0n) is 13.7. The van der Waals surface area contributed by atoms with Crippen molar-refractivity contribution in [2.24, 2.45) is 11.7 Å². The number of hydrogen-bond acceptors (Lipinski definition) is 6. The summed E-state index contributed by atoms with van der Waals surface area (Å²) in [4.78, 5) is 29.4. The van der Waals surface area contributed by atoms with Crippen molar-refractivity contribution in [1.29, 1.82) is 0 Å². The van der Waals surface area contributed by atoms with Crippen LogP contribution in [-0.4, -0.2) is 53.0 Å². The van der Waals surface area contributed by atoms with E-state index in [9.17, 15) is 9.59 Å². The molecule has 8 nitrogen and oxygen atoms in total. The van der Waals surface area contributed by atoms with Crippen molar-refractivity contribution in [2.75, 3.05) is 26.2 Å². The highest BCUT2D eigenvalue weighted by molar-refractivity contribution is 5.79. The highest BCUT2D eigenvalue weighted by atomic mass is 16.5. The van der Waals surface area contributed by atoms with Crippen LogP contribution < -0.4 is 11.1 Å². The molecule has 0 bridgehead atoms. The van der Waals surface area contributed by atoms with Gasteiger partial charge < -0.3 is 15.6 Å². The summed E-state index contributed by atoms with van der Waals surface area (Å²) in [6.07, 6.45) is 2.25. The van der Waals surface area contributed by atoms with Gasteiger partial charge in [-0.05, 0) is 19.4 Å². The second kappa shape index (κ2) is 8.05. The molecule has 1 aliphatic rings. The second-order valence-corrected chi connectivity index (χ2v) is 6.28. The Hall–Kier alpha value is -1.96. The molecule has 128 valence electrons. The summed E-state index contributed by atoms with van der Waals surface area (Å²) >= 11 is 0. The normalized spacial score (nSPS) is 19.0. The predicted octanol–water partition coefficient (Wildman–Crippen LogP) is 0.0490. The largest absolute Gasteiger partial charge is 0.369 e. The lowest BCUT2D eigenvalue weighted by Gasteiger charge is -2.30. The maximum atomic E-state index is 12.2. The Labute approximate surface area is 135 Å². The van der Waals surface area contributed by atoms with E-state index in [0.717, 1.165) is 19.4 Å². The van der Waals surface area contributed by atoms with Crippen LogP contribution in [0.2, 0.25) is 0 Å². The average Bonchev–Trinajstić information content (AvgIpc) is 2.96. The van der Waals surface area contributed by atoms with Crippen molar-refractivity contribution >= 4 is 11.8 Å². The lowest BCUT2D eigenvalue weighted by Crippen LogP contribution is -2.46. The summed E-state index contributed by atoms with van der Waals surface area (Å²) in [5.74, 6) is 0.984. The van der Waals surface area contributed by atoms with Gasteiger partial charge in [-0.25, -0.2) is 0 Å². The first kappa shape index (κ1) is 17.4. The van der Waals surface area contributed by atoms with Crippen LogP contribution in [0, 0.1) is 5.92 Å². The predicted molar refractivity (Wildman–Crippen MR) is 83.5 cm³/mol. The summed E-state index contributed by atoms with van der Waals surface area (Å²) in [5, 5.41) is 6.80. The Bertz CT molecular complexity index is 543. The van der Waals surface area contributed by atoms with Gasteiger partial charge in [-0.15, -0.1) is 0 Å². The van der Waals surface area contributed by atoms with Crippen LogP contribution in [0.25, 0.3) is 0 Å². The molecule has 1 aromatic heterocycles. The number of aromatic nitrogens is 2. The van der Waals surface area contributed by atoms with Gasteiger partial charge in [0.15, 0.2) is 5.82 Å². The standard InChI is InChI=1S/C15H25N5O3/c1-10(2)14-18-13(23-19-14)5-6-17-15(22)11-4-3-7-20(8-11)9-12(16)21/h10-11H,3-9H2,1-2H3,(H2,16,21)(H,17,22).